The van der Waals surface area contributed by atoms with Crippen molar-refractivity contribution in [1.82, 2.24) is 24.6 Å². The van der Waals surface area contributed by atoms with Crippen molar-refractivity contribution in [2.24, 2.45) is 12.5 Å². The highest BCUT2D eigenvalue weighted by molar-refractivity contribution is 7.99. The normalized spacial score (nSPS) is 22.6. The molecular formula is C24H25F4N5S. The Labute approximate surface area is 199 Å². The topological polar surface area (TPSA) is 46.8 Å². The highest BCUT2D eigenvalue weighted by Gasteiger charge is 2.57. The molecule has 1 aliphatic carbocycles. The lowest BCUT2D eigenvalue weighted by molar-refractivity contribution is -0.137. The van der Waals surface area contributed by atoms with Crippen LogP contribution in [0, 0.1) is 11.4 Å². The molecule has 2 aromatic heterocycles. The standard InChI is InChI=1S/C24H25F4N5S/c1-32-21(18-4-2-10-29-20(18)25)30-31-22(32)34-13-3-11-33-12-9-23(15-33)14-19(23)16-5-7-17(8-6-16)24(26,27)28/h2,4-8,10,19H,3,9,11-15H2,1H3. The zero-order chi connectivity index (χ0) is 23.9. The van der Waals surface area contributed by atoms with E-state index in [2.05, 4.69) is 20.1 Å². The quantitative estimate of drug-likeness (QED) is 0.192. The van der Waals surface area contributed by atoms with Crippen molar-refractivity contribution < 1.29 is 17.6 Å². The van der Waals surface area contributed by atoms with E-state index in [1.54, 1.807) is 40.6 Å². The lowest BCUT2D eigenvalue weighted by Crippen LogP contribution is -2.23. The summed E-state index contributed by atoms with van der Waals surface area (Å²) in [6.07, 6.45) is 0.241. The van der Waals surface area contributed by atoms with Gasteiger partial charge in [-0.1, -0.05) is 23.9 Å². The molecule has 1 aliphatic heterocycles. The summed E-state index contributed by atoms with van der Waals surface area (Å²) in [6, 6.07) is 9.00. The molecule has 5 nitrogen and oxygen atoms in total. The van der Waals surface area contributed by atoms with Gasteiger partial charge in [0.2, 0.25) is 5.95 Å². The number of aromatic nitrogens is 4. The molecule has 2 aliphatic rings. The number of nitrogens with zero attached hydrogens (tertiary/aromatic N) is 5. The van der Waals surface area contributed by atoms with E-state index < -0.39 is 17.7 Å². The van der Waals surface area contributed by atoms with Gasteiger partial charge in [0.25, 0.3) is 0 Å². The molecule has 1 saturated carbocycles. The van der Waals surface area contributed by atoms with Crippen LogP contribution in [-0.4, -0.2) is 50.0 Å². The van der Waals surface area contributed by atoms with Gasteiger partial charge in [0, 0.05) is 25.5 Å². The van der Waals surface area contributed by atoms with Gasteiger partial charge in [0.05, 0.1) is 11.1 Å². The summed E-state index contributed by atoms with van der Waals surface area (Å²) >= 11 is 1.60. The Kier molecular flexibility index (Phi) is 6.14. The first-order chi connectivity index (χ1) is 16.3. The van der Waals surface area contributed by atoms with Crippen molar-refractivity contribution in [3.63, 3.8) is 0 Å². The van der Waals surface area contributed by atoms with Crippen molar-refractivity contribution in [3.05, 3.63) is 59.7 Å². The van der Waals surface area contributed by atoms with E-state index in [9.17, 15) is 17.6 Å². The zero-order valence-electron chi connectivity index (χ0n) is 18.7. The maximum Gasteiger partial charge on any atom is 0.416 e. The molecule has 2 unspecified atom stereocenters. The van der Waals surface area contributed by atoms with Gasteiger partial charge < -0.3 is 9.47 Å². The third-order valence-electron chi connectivity index (χ3n) is 6.98. The highest BCUT2D eigenvalue weighted by Crippen LogP contribution is 2.64. The van der Waals surface area contributed by atoms with E-state index in [0.717, 1.165) is 55.4 Å². The Morgan fingerprint density at radius 3 is 2.68 bits per heavy atom. The number of thioether (sulfide) groups is 1. The van der Waals surface area contributed by atoms with Crippen LogP contribution in [0.15, 0.2) is 47.8 Å². The molecule has 1 saturated heterocycles. The zero-order valence-corrected chi connectivity index (χ0v) is 19.5. The van der Waals surface area contributed by atoms with Gasteiger partial charge in [0.15, 0.2) is 11.0 Å². The summed E-state index contributed by atoms with van der Waals surface area (Å²) in [5.41, 5.74) is 0.989. The van der Waals surface area contributed by atoms with Gasteiger partial charge in [-0.05, 0) is 73.5 Å². The largest absolute Gasteiger partial charge is 0.416 e. The average molecular weight is 492 g/mol. The van der Waals surface area contributed by atoms with Crippen molar-refractivity contribution in [3.8, 4) is 11.4 Å². The maximum atomic E-state index is 14.0. The minimum absolute atomic E-state index is 0.221. The summed E-state index contributed by atoms with van der Waals surface area (Å²) < 4.78 is 54.2. The lowest BCUT2D eigenvalue weighted by Gasteiger charge is -2.16. The van der Waals surface area contributed by atoms with Gasteiger partial charge in [0.1, 0.15) is 0 Å². The molecular weight excluding hydrogens is 466 g/mol. The van der Waals surface area contributed by atoms with Crippen molar-refractivity contribution in [2.75, 3.05) is 25.4 Å². The van der Waals surface area contributed by atoms with Crippen LogP contribution in [0.4, 0.5) is 17.6 Å². The molecule has 3 heterocycles. The molecule has 1 aromatic carbocycles. The second kappa shape index (κ2) is 8.96. The molecule has 1 spiro atoms. The molecule has 10 heteroatoms. The van der Waals surface area contributed by atoms with Crippen LogP contribution in [0.5, 0.6) is 0 Å². The smallest absolute Gasteiger partial charge is 0.305 e. The van der Waals surface area contributed by atoms with Gasteiger partial charge in [-0.15, -0.1) is 10.2 Å². The third-order valence-corrected chi connectivity index (χ3v) is 8.09. The van der Waals surface area contributed by atoms with Gasteiger partial charge in [-0.3, -0.25) is 0 Å². The molecule has 180 valence electrons. The number of halogens is 4. The predicted octanol–water partition coefficient (Wildman–Crippen LogP) is 5.40. The molecule has 34 heavy (non-hydrogen) atoms. The molecule has 2 fully saturated rings. The summed E-state index contributed by atoms with van der Waals surface area (Å²) in [6.45, 7) is 2.99. The minimum atomic E-state index is -4.29. The Morgan fingerprint density at radius 1 is 1.15 bits per heavy atom. The van der Waals surface area contributed by atoms with Crippen LogP contribution in [0.25, 0.3) is 11.4 Å². The number of alkyl halides is 3. The van der Waals surface area contributed by atoms with Gasteiger partial charge in [-0.2, -0.15) is 17.6 Å². The number of benzene rings is 1. The molecule has 0 amide bonds. The number of rotatable bonds is 7. The summed E-state index contributed by atoms with van der Waals surface area (Å²) in [7, 11) is 1.82. The van der Waals surface area contributed by atoms with E-state index in [1.807, 2.05) is 7.05 Å². The Hall–Kier alpha value is -2.46. The average Bonchev–Trinajstić information content (AvgIpc) is 3.16. The van der Waals surface area contributed by atoms with Crippen LogP contribution in [0.2, 0.25) is 0 Å². The Balaban J connectivity index is 1.09. The SMILES string of the molecule is Cn1c(SCCCN2CCC3(CC3c3ccc(C(F)(F)F)cc3)C2)nnc1-c1cccnc1F. The first-order valence-corrected chi connectivity index (χ1v) is 12.3. The van der Waals surface area contributed by atoms with Crippen LogP contribution in [-0.2, 0) is 13.2 Å². The van der Waals surface area contributed by atoms with E-state index in [1.165, 1.54) is 18.3 Å². The van der Waals surface area contributed by atoms with Crippen LogP contribution in [0.1, 0.15) is 36.3 Å². The number of hydrogen-bond acceptors (Lipinski definition) is 5. The summed E-state index contributed by atoms with van der Waals surface area (Å²) in [5, 5.41) is 9.06. The monoisotopic (exact) mass is 491 g/mol. The van der Waals surface area contributed by atoms with E-state index >= 15 is 0 Å². The fourth-order valence-corrected chi connectivity index (χ4v) is 5.86. The van der Waals surface area contributed by atoms with Crippen molar-refractivity contribution in [1.29, 1.82) is 0 Å². The molecule has 5 rings (SSSR count). The summed E-state index contributed by atoms with van der Waals surface area (Å²) in [4.78, 5) is 6.13. The first-order valence-electron chi connectivity index (χ1n) is 11.3. The highest BCUT2D eigenvalue weighted by atomic mass is 32.2. The van der Waals surface area contributed by atoms with E-state index in [4.69, 9.17) is 0 Å². The number of likely N-dealkylation sites (tertiary alicyclic amines) is 1. The lowest BCUT2D eigenvalue weighted by atomic mass is 9.97. The molecule has 0 radical (unpaired) electrons. The fourth-order valence-electron chi connectivity index (χ4n) is 5.03. The van der Waals surface area contributed by atoms with E-state index in [-0.39, 0.29) is 5.41 Å². The van der Waals surface area contributed by atoms with Crippen LogP contribution >= 0.6 is 11.8 Å². The van der Waals surface area contributed by atoms with Crippen molar-refractivity contribution >= 4 is 11.8 Å². The Morgan fingerprint density at radius 2 is 1.94 bits per heavy atom. The molecule has 3 aromatic rings. The number of pyridine rings is 1. The molecule has 0 N–H and O–H groups in total. The van der Waals surface area contributed by atoms with E-state index in [0.29, 0.717) is 17.3 Å². The molecule has 2 atom stereocenters. The minimum Gasteiger partial charge on any atom is -0.305 e. The van der Waals surface area contributed by atoms with Crippen LogP contribution in [0.3, 0.4) is 0 Å². The van der Waals surface area contributed by atoms with Gasteiger partial charge in [-0.25, -0.2) is 4.98 Å². The van der Waals surface area contributed by atoms with Crippen LogP contribution < -0.4 is 0 Å². The maximum absolute atomic E-state index is 14.0. The number of hydrogen-bond donors (Lipinski definition) is 0. The summed E-state index contributed by atoms with van der Waals surface area (Å²) in [5.74, 6) is 1.12. The second-order valence-corrected chi connectivity index (χ2v) is 10.2. The van der Waals surface area contributed by atoms with Crippen molar-refractivity contribution in [2.45, 2.75) is 36.5 Å². The second-order valence-electron chi connectivity index (χ2n) is 9.17. The predicted molar refractivity (Wildman–Crippen MR) is 122 cm³/mol. The third kappa shape index (κ3) is 4.57. The fraction of sp³-hybridized carbons (Fsp3) is 0.458. The Bertz CT molecular complexity index is 1160. The van der Waals surface area contributed by atoms with Gasteiger partial charge >= 0.3 is 6.18 Å². The molecule has 0 bridgehead atoms. The first kappa shape index (κ1) is 23.3.